The molecule has 2 aromatic rings. The Morgan fingerprint density at radius 3 is 2.57 bits per heavy atom. The second-order valence-electron chi connectivity index (χ2n) is 7.23. The van der Waals surface area contributed by atoms with Crippen LogP contribution in [0.3, 0.4) is 0 Å². The number of carbonyl (C=O) groups excluding carboxylic acids is 1. The number of fused-ring (bicyclic) bond motifs is 1. The number of oxazole rings is 1. The van der Waals surface area contributed by atoms with Crippen LogP contribution in [0.5, 0.6) is 0 Å². The van der Waals surface area contributed by atoms with Gasteiger partial charge >= 0.3 is 11.8 Å². The van der Waals surface area contributed by atoms with Gasteiger partial charge in [0.1, 0.15) is 0 Å². The van der Waals surface area contributed by atoms with Crippen molar-refractivity contribution in [3.8, 4) is 0 Å². The summed E-state index contributed by atoms with van der Waals surface area (Å²) in [5.74, 6) is -0.379. The quantitative estimate of drug-likeness (QED) is 0.784. The van der Waals surface area contributed by atoms with Crippen molar-refractivity contribution in [3.63, 3.8) is 0 Å². The lowest BCUT2D eigenvalue weighted by Gasteiger charge is -2.32. The normalized spacial score (nSPS) is 16.1. The summed E-state index contributed by atoms with van der Waals surface area (Å²) >= 11 is 0. The van der Waals surface area contributed by atoms with Crippen molar-refractivity contribution in [2.75, 3.05) is 24.2 Å². The van der Waals surface area contributed by atoms with E-state index >= 15 is 0 Å². The summed E-state index contributed by atoms with van der Waals surface area (Å²) < 4.78 is 32.8. The molecule has 28 heavy (non-hydrogen) atoms. The lowest BCUT2D eigenvalue weighted by Crippen LogP contribution is -2.47. The molecule has 9 nitrogen and oxygen atoms in total. The molecular weight excluding hydrogens is 384 g/mol. The van der Waals surface area contributed by atoms with Crippen LogP contribution in [0, 0.1) is 0 Å². The fourth-order valence-electron chi connectivity index (χ4n) is 3.34. The molecule has 1 aliphatic heterocycles. The zero-order valence-electron chi connectivity index (χ0n) is 16.3. The average molecular weight is 410 g/mol. The Morgan fingerprint density at radius 1 is 1.29 bits per heavy atom. The van der Waals surface area contributed by atoms with E-state index in [4.69, 9.17) is 4.42 Å². The molecule has 1 aromatic heterocycles. The summed E-state index contributed by atoms with van der Waals surface area (Å²) in [4.78, 5) is 26.1. The molecule has 2 heterocycles. The van der Waals surface area contributed by atoms with Crippen LogP contribution in [-0.4, -0.2) is 48.8 Å². The van der Waals surface area contributed by atoms with Gasteiger partial charge in [0.15, 0.2) is 5.58 Å². The van der Waals surface area contributed by atoms with Crippen LogP contribution in [0.4, 0.5) is 10.5 Å². The van der Waals surface area contributed by atoms with E-state index in [1.807, 2.05) is 13.8 Å². The molecule has 1 aromatic carbocycles. The second kappa shape index (κ2) is 7.96. The molecule has 154 valence electrons. The number of likely N-dealkylation sites (tertiary alicyclic amines) is 1. The summed E-state index contributed by atoms with van der Waals surface area (Å²) in [7, 11) is -3.24. The number of amides is 2. The van der Waals surface area contributed by atoms with Crippen LogP contribution in [0.1, 0.15) is 39.7 Å². The number of aromatic nitrogens is 1. The molecule has 3 rings (SSSR count). The molecule has 0 radical (unpaired) electrons. The first-order chi connectivity index (χ1) is 13.2. The highest BCUT2D eigenvalue weighted by atomic mass is 32.2. The number of urea groups is 1. The molecule has 0 spiro atoms. The Balaban J connectivity index is 1.63. The first-order valence-corrected chi connectivity index (χ1v) is 11.1. The molecule has 0 saturated carbocycles. The smallest absolute Gasteiger partial charge is 0.408 e. The highest BCUT2D eigenvalue weighted by Crippen LogP contribution is 2.22. The monoisotopic (exact) mass is 410 g/mol. The van der Waals surface area contributed by atoms with E-state index in [1.54, 1.807) is 34.6 Å². The maximum Gasteiger partial charge on any atom is 0.420 e. The van der Waals surface area contributed by atoms with Gasteiger partial charge in [-0.2, -0.15) is 0 Å². The summed E-state index contributed by atoms with van der Waals surface area (Å²) in [5.41, 5.74) is 1.64. The number of benzene rings is 1. The number of rotatable bonds is 5. The summed E-state index contributed by atoms with van der Waals surface area (Å²) in [5, 5.41) is 2.81. The number of anilines is 1. The number of carbonyl (C=O) groups is 1. The molecule has 1 saturated heterocycles. The van der Waals surface area contributed by atoms with Gasteiger partial charge in [-0.1, -0.05) is 0 Å². The molecule has 1 aliphatic rings. The van der Waals surface area contributed by atoms with Crippen molar-refractivity contribution in [2.24, 2.45) is 0 Å². The fourth-order valence-corrected chi connectivity index (χ4v) is 4.25. The molecule has 0 bridgehead atoms. The highest BCUT2D eigenvalue weighted by Gasteiger charge is 2.25. The van der Waals surface area contributed by atoms with Gasteiger partial charge in [-0.3, -0.25) is 4.57 Å². The lowest BCUT2D eigenvalue weighted by atomic mass is 10.1. The second-order valence-corrected chi connectivity index (χ2v) is 9.27. The topological polar surface area (TPSA) is 114 Å². The van der Waals surface area contributed by atoms with Crippen molar-refractivity contribution >= 4 is 32.8 Å². The highest BCUT2D eigenvalue weighted by molar-refractivity contribution is 7.89. The minimum Gasteiger partial charge on any atom is -0.408 e. The first kappa shape index (κ1) is 20.4. The zero-order chi connectivity index (χ0) is 20.5. The van der Waals surface area contributed by atoms with Crippen molar-refractivity contribution in [3.05, 3.63) is 28.7 Å². The SMILES string of the molecule is CCS(=O)(=O)NC1CCN(C(=O)Nc2ccc3c(c2)oc(=O)n3C(C)C)CC1. The Morgan fingerprint density at radius 2 is 1.96 bits per heavy atom. The minimum absolute atomic E-state index is 0.0272. The predicted molar refractivity (Wildman–Crippen MR) is 107 cm³/mol. The third-order valence-electron chi connectivity index (χ3n) is 4.89. The Kier molecular flexibility index (Phi) is 5.80. The van der Waals surface area contributed by atoms with E-state index in [9.17, 15) is 18.0 Å². The van der Waals surface area contributed by atoms with E-state index in [1.165, 1.54) is 0 Å². The van der Waals surface area contributed by atoms with Crippen molar-refractivity contribution in [1.29, 1.82) is 0 Å². The Hall–Kier alpha value is -2.33. The van der Waals surface area contributed by atoms with E-state index < -0.39 is 15.8 Å². The summed E-state index contributed by atoms with van der Waals surface area (Å²) in [6.07, 6.45) is 1.13. The van der Waals surface area contributed by atoms with Gasteiger partial charge in [-0.15, -0.1) is 0 Å². The van der Waals surface area contributed by atoms with E-state index in [0.29, 0.717) is 42.7 Å². The summed E-state index contributed by atoms with van der Waals surface area (Å²) in [6, 6.07) is 4.69. The van der Waals surface area contributed by atoms with Crippen LogP contribution < -0.4 is 15.8 Å². The average Bonchev–Trinajstić information content (AvgIpc) is 2.97. The Bertz CT molecular complexity index is 1020. The number of sulfonamides is 1. The van der Waals surface area contributed by atoms with Gasteiger partial charge in [0.05, 0.1) is 11.3 Å². The molecule has 1 fully saturated rings. The fraction of sp³-hybridized carbons (Fsp3) is 0.556. The number of hydrogen-bond donors (Lipinski definition) is 2. The third kappa shape index (κ3) is 4.39. The molecule has 10 heteroatoms. The van der Waals surface area contributed by atoms with Gasteiger partial charge in [0.2, 0.25) is 10.0 Å². The molecular formula is C18H26N4O5S. The molecule has 0 unspecified atom stereocenters. The lowest BCUT2D eigenvalue weighted by molar-refractivity contribution is 0.193. The van der Waals surface area contributed by atoms with Gasteiger partial charge in [-0.25, -0.2) is 22.7 Å². The maximum absolute atomic E-state index is 12.5. The molecule has 0 aliphatic carbocycles. The number of hydrogen-bond acceptors (Lipinski definition) is 5. The van der Waals surface area contributed by atoms with E-state index in [-0.39, 0.29) is 23.9 Å². The summed E-state index contributed by atoms with van der Waals surface area (Å²) in [6.45, 7) is 6.32. The molecule has 0 atom stereocenters. The largest absolute Gasteiger partial charge is 0.420 e. The third-order valence-corrected chi connectivity index (χ3v) is 6.34. The van der Waals surface area contributed by atoms with Crippen LogP contribution in [0.2, 0.25) is 0 Å². The maximum atomic E-state index is 12.5. The van der Waals surface area contributed by atoms with E-state index in [0.717, 1.165) is 0 Å². The van der Waals surface area contributed by atoms with Crippen molar-refractivity contribution in [1.82, 2.24) is 14.2 Å². The van der Waals surface area contributed by atoms with Gasteiger partial charge in [-0.05, 0) is 45.7 Å². The van der Waals surface area contributed by atoms with Crippen LogP contribution in [0.15, 0.2) is 27.4 Å². The predicted octanol–water partition coefficient (Wildman–Crippen LogP) is 2.11. The van der Waals surface area contributed by atoms with E-state index in [2.05, 4.69) is 10.0 Å². The number of nitrogens with one attached hydrogen (secondary N) is 2. The van der Waals surface area contributed by atoms with Crippen LogP contribution in [0.25, 0.3) is 11.1 Å². The van der Waals surface area contributed by atoms with Crippen LogP contribution in [-0.2, 0) is 10.0 Å². The van der Waals surface area contributed by atoms with Crippen molar-refractivity contribution < 1.29 is 17.6 Å². The number of nitrogens with zero attached hydrogens (tertiary/aromatic N) is 2. The number of piperidine rings is 1. The Labute approximate surface area is 163 Å². The molecule has 2 N–H and O–H groups in total. The van der Waals surface area contributed by atoms with Gasteiger partial charge < -0.3 is 14.6 Å². The first-order valence-electron chi connectivity index (χ1n) is 9.41. The zero-order valence-corrected chi connectivity index (χ0v) is 17.1. The van der Waals surface area contributed by atoms with Gasteiger partial charge in [0.25, 0.3) is 0 Å². The van der Waals surface area contributed by atoms with Crippen LogP contribution >= 0.6 is 0 Å². The standard InChI is InChI=1S/C18H26N4O5S/c1-4-28(25,26)20-13-7-9-21(10-8-13)17(23)19-14-5-6-15-16(11-14)27-18(24)22(15)12(2)3/h5-6,11-13,20H,4,7-10H2,1-3H3,(H,19,23). The van der Waals surface area contributed by atoms with Gasteiger partial charge in [0, 0.05) is 36.9 Å². The van der Waals surface area contributed by atoms with Crippen molar-refractivity contribution in [2.45, 2.75) is 45.7 Å². The molecule has 2 amide bonds. The minimum atomic E-state index is -3.24.